The first-order chi connectivity index (χ1) is 10.7. The average Bonchev–Trinajstić information content (AvgIpc) is 2.46. The number of carbonyl (C=O) groups excluding carboxylic acids is 1. The lowest BCUT2D eigenvalue weighted by atomic mass is 9.98. The number of amides is 2. The van der Waals surface area contributed by atoms with Crippen LogP contribution in [0.5, 0.6) is 5.75 Å². The van der Waals surface area contributed by atoms with Crippen LogP contribution in [0.4, 0.5) is 23.7 Å². The summed E-state index contributed by atoms with van der Waals surface area (Å²) in [5.74, 6) is -0.484. The van der Waals surface area contributed by atoms with Crippen molar-refractivity contribution in [1.82, 2.24) is 0 Å². The van der Waals surface area contributed by atoms with Crippen LogP contribution in [0.25, 0.3) is 11.1 Å². The monoisotopic (exact) mass is 321 g/mol. The lowest BCUT2D eigenvalue weighted by Gasteiger charge is -2.15. The molecular formula is C15H10F3N3O2. The zero-order chi connectivity index (χ0) is 17.2. The molecular weight excluding hydrogens is 311 g/mol. The Bertz CT molecular complexity index is 811. The van der Waals surface area contributed by atoms with Crippen molar-refractivity contribution < 1.29 is 23.1 Å². The van der Waals surface area contributed by atoms with Crippen molar-refractivity contribution in [2.45, 2.75) is 6.18 Å². The number of benzene rings is 2. The van der Waals surface area contributed by atoms with E-state index in [1.165, 1.54) is 18.2 Å². The number of nitriles is 1. The Balaban J connectivity index is 2.72. The first-order valence-electron chi connectivity index (χ1n) is 6.24. The van der Waals surface area contributed by atoms with Crippen LogP contribution >= 0.6 is 0 Å². The summed E-state index contributed by atoms with van der Waals surface area (Å²) in [7, 11) is 0. The SMILES string of the molecule is N#Cc1cccc(-c2cc(C(F)(F)F)ccc2NC(N)=O)c1O. The Hall–Kier alpha value is -3.21. The van der Waals surface area contributed by atoms with E-state index in [0.29, 0.717) is 0 Å². The summed E-state index contributed by atoms with van der Waals surface area (Å²) in [6.45, 7) is 0. The highest BCUT2D eigenvalue weighted by Gasteiger charge is 2.31. The quantitative estimate of drug-likeness (QED) is 0.790. The number of halogens is 3. The maximum absolute atomic E-state index is 12.9. The van der Waals surface area contributed by atoms with E-state index in [0.717, 1.165) is 18.2 Å². The number of nitrogens with two attached hydrogens (primary N) is 1. The fourth-order valence-electron chi connectivity index (χ4n) is 2.04. The largest absolute Gasteiger partial charge is 0.506 e. The molecule has 0 aliphatic heterocycles. The molecule has 5 nitrogen and oxygen atoms in total. The highest BCUT2D eigenvalue weighted by molar-refractivity contribution is 5.95. The lowest BCUT2D eigenvalue weighted by molar-refractivity contribution is -0.137. The molecule has 0 aliphatic carbocycles. The molecule has 0 bridgehead atoms. The first-order valence-corrected chi connectivity index (χ1v) is 6.24. The number of rotatable bonds is 2. The lowest BCUT2D eigenvalue weighted by Crippen LogP contribution is -2.20. The van der Waals surface area contributed by atoms with Gasteiger partial charge >= 0.3 is 12.2 Å². The third kappa shape index (κ3) is 3.35. The zero-order valence-corrected chi connectivity index (χ0v) is 11.5. The molecule has 8 heteroatoms. The highest BCUT2D eigenvalue weighted by atomic mass is 19.4. The van der Waals surface area contributed by atoms with Gasteiger partial charge in [-0.15, -0.1) is 0 Å². The molecule has 0 spiro atoms. The first kappa shape index (κ1) is 16.2. The van der Waals surface area contributed by atoms with E-state index in [1.807, 2.05) is 0 Å². The highest BCUT2D eigenvalue weighted by Crippen LogP contribution is 2.40. The van der Waals surface area contributed by atoms with Crippen LogP contribution in [-0.4, -0.2) is 11.1 Å². The van der Waals surface area contributed by atoms with Gasteiger partial charge in [0.05, 0.1) is 16.8 Å². The number of hydrogen-bond acceptors (Lipinski definition) is 3. The molecule has 2 aromatic rings. The van der Waals surface area contributed by atoms with Crippen LogP contribution in [0.1, 0.15) is 11.1 Å². The minimum atomic E-state index is -4.61. The van der Waals surface area contributed by atoms with Gasteiger partial charge in [0, 0.05) is 11.1 Å². The van der Waals surface area contributed by atoms with E-state index in [9.17, 15) is 23.1 Å². The van der Waals surface area contributed by atoms with Crippen LogP contribution in [-0.2, 0) is 6.18 Å². The van der Waals surface area contributed by atoms with Gasteiger partial charge in [0.2, 0.25) is 0 Å². The number of carbonyl (C=O) groups is 1. The van der Waals surface area contributed by atoms with Gasteiger partial charge in [0.25, 0.3) is 0 Å². The second kappa shape index (κ2) is 5.88. The number of urea groups is 1. The van der Waals surface area contributed by atoms with Gasteiger partial charge in [-0.3, -0.25) is 0 Å². The maximum Gasteiger partial charge on any atom is 0.416 e. The molecule has 0 heterocycles. The van der Waals surface area contributed by atoms with E-state index < -0.39 is 23.5 Å². The molecule has 0 unspecified atom stereocenters. The number of phenolic OH excluding ortho intramolecular Hbond substituents is 1. The molecule has 0 fully saturated rings. The van der Waals surface area contributed by atoms with Crippen molar-refractivity contribution in [2.24, 2.45) is 5.73 Å². The van der Waals surface area contributed by atoms with E-state index >= 15 is 0 Å². The molecule has 118 valence electrons. The molecule has 0 aromatic heterocycles. The van der Waals surface area contributed by atoms with Crippen molar-refractivity contribution in [2.75, 3.05) is 5.32 Å². The van der Waals surface area contributed by atoms with Crippen LogP contribution in [0, 0.1) is 11.3 Å². The second-order valence-electron chi connectivity index (χ2n) is 4.56. The summed E-state index contributed by atoms with van der Waals surface area (Å²) in [5, 5.41) is 21.1. The van der Waals surface area contributed by atoms with Gasteiger partial charge < -0.3 is 16.2 Å². The molecule has 0 radical (unpaired) electrons. The minimum absolute atomic E-state index is 0.0177. The molecule has 0 saturated heterocycles. The Labute approximate surface area is 128 Å². The standard InChI is InChI=1S/C15H10F3N3O2/c16-15(17,18)9-4-5-12(21-14(20)23)11(6-9)10-3-1-2-8(7-19)13(10)22/h1-6,22H,(H3,20,21,23). The number of phenols is 1. The van der Waals surface area contributed by atoms with Crippen molar-refractivity contribution in [3.8, 4) is 22.9 Å². The summed E-state index contributed by atoms with van der Waals surface area (Å²) < 4.78 is 38.7. The Morgan fingerprint density at radius 1 is 1.22 bits per heavy atom. The number of aromatic hydroxyl groups is 1. The zero-order valence-electron chi connectivity index (χ0n) is 11.5. The van der Waals surface area contributed by atoms with Crippen LogP contribution in [0.2, 0.25) is 0 Å². The van der Waals surface area contributed by atoms with Gasteiger partial charge in [-0.05, 0) is 24.3 Å². The average molecular weight is 321 g/mol. The molecule has 23 heavy (non-hydrogen) atoms. The van der Waals surface area contributed by atoms with Crippen molar-refractivity contribution in [3.05, 3.63) is 47.5 Å². The van der Waals surface area contributed by atoms with Gasteiger partial charge in [-0.2, -0.15) is 18.4 Å². The molecule has 2 aromatic carbocycles. The molecule has 0 atom stereocenters. The van der Waals surface area contributed by atoms with Crippen LogP contribution in [0.15, 0.2) is 36.4 Å². The number of para-hydroxylation sites is 1. The Morgan fingerprint density at radius 2 is 1.91 bits per heavy atom. The topological polar surface area (TPSA) is 99.1 Å². The predicted octanol–water partition coefficient (Wildman–Crippen LogP) is 3.44. The molecule has 2 rings (SSSR count). The summed E-state index contributed by atoms with van der Waals surface area (Å²) in [6.07, 6.45) is -4.61. The fourth-order valence-corrected chi connectivity index (χ4v) is 2.04. The van der Waals surface area contributed by atoms with Crippen molar-refractivity contribution >= 4 is 11.7 Å². The van der Waals surface area contributed by atoms with Crippen molar-refractivity contribution in [3.63, 3.8) is 0 Å². The third-order valence-electron chi connectivity index (χ3n) is 3.05. The number of hydrogen-bond donors (Lipinski definition) is 3. The third-order valence-corrected chi connectivity index (χ3v) is 3.05. The number of alkyl halides is 3. The van der Waals surface area contributed by atoms with Crippen molar-refractivity contribution in [1.29, 1.82) is 5.26 Å². The normalized spacial score (nSPS) is 10.9. The maximum atomic E-state index is 12.9. The molecule has 0 saturated carbocycles. The molecule has 4 N–H and O–H groups in total. The minimum Gasteiger partial charge on any atom is -0.506 e. The molecule has 0 aliphatic rings. The number of primary amides is 1. The summed E-state index contributed by atoms with van der Waals surface area (Å²) in [6, 6.07) is 7.38. The van der Waals surface area contributed by atoms with E-state index in [1.54, 1.807) is 6.07 Å². The van der Waals surface area contributed by atoms with E-state index in [-0.39, 0.29) is 22.4 Å². The van der Waals surface area contributed by atoms with E-state index in [4.69, 9.17) is 11.0 Å². The Kier molecular flexibility index (Phi) is 4.14. The van der Waals surface area contributed by atoms with E-state index in [2.05, 4.69) is 5.32 Å². The predicted molar refractivity (Wildman–Crippen MR) is 76.5 cm³/mol. The van der Waals surface area contributed by atoms with Gasteiger partial charge in [0.15, 0.2) is 0 Å². The number of anilines is 1. The smallest absolute Gasteiger partial charge is 0.416 e. The second-order valence-corrected chi connectivity index (χ2v) is 4.56. The molecule has 2 amide bonds. The Morgan fingerprint density at radius 3 is 2.48 bits per heavy atom. The number of nitrogens with zero attached hydrogens (tertiary/aromatic N) is 1. The van der Waals surface area contributed by atoms with Crippen LogP contribution < -0.4 is 11.1 Å². The summed E-state index contributed by atoms with van der Waals surface area (Å²) in [4.78, 5) is 11.0. The van der Waals surface area contributed by atoms with Gasteiger partial charge in [-0.25, -0.2) is 4.79 Å². The number of nitrogens with one attached hydrogen (secondary N) is 1. The van der Waals surface area contributed by atoms with Gasteiger partial charge in [-0.1, -0.05) is 12.1 Å². The summed E-state index contributed by atoms with van der Waals surface area (Å²) >= 11 is 0. The van der Waals surface area contributed by atoms with Gasteiger partial charge in [0.1, 0.15) is 11.8 Å². The van der Waals surface area contributed by atoms with Crippen LogP contribution in [0.3, 0.4) is 0 Å². The fraction of sp³-hybridized carbons (Fsp3) is 0.0667. The summed E-state index contributed by atoms with van der Waals surface area (Å²) in [5.41, 5.74) is 3.78.